The minimum atomic E-state index is -4.04. The van der Waals surface area contributed by atoms with E-state index in [0.717, 1.165) is 11.1 Å². The van der Waals surface area contributed by atoms with E-state index >= 15 is 0 Å². The topological polar surface area (TPSA) is 95.6 Å². The molecular weight excluding hydrogens is 428 g/mol. The Bertz CT molecular complexity index is 1610. The van der Waals surface area contributed by atoms with Crippen LogP contribution >= 0.6 is 0 Å². The van der Waals surface area contributed by atoms with Crippen LogP contribution in [-0.4, -0.2) is 27.6 Å². The molecular formula is C23H18N4O4S. The number of rotatable bonds is 5. The molecule has 5 aromatic rings. The van der Waals surface area contributed by atoms with E-state index in [4.69, 9.17) is 4.18 Å². The molecule has 8 nitrogen and oxygen atoms in total. The minimum Gasteiger partial charge on any atom is -0.379 e. The molecule has 2 aromatic heterocycles. The van der Waals surface area contributed by atoms with Crippen molar-refractivity contribution < 1.29 is 12.6 Å². The number of hydrogen-bond acceptors (Lipinski definition) is 6. The molecule has 2 heterocycles. The number of aromatic nitrogens is 4. The number of nitrogens with zero attached hydrogens (tertiary/aromatic N) is 4. The minimum absolute atomic E-state index is 0.0407. The fourth-order valence-electron chi connectivity index (χ4n) is 3.56. The molecule has 0 atom stereocenters. The van der Waals surface area contributed by atoms with E-state index in [1.165, 1.54) is 35.2 Å². The Hall–Kier alpha value is -3.98. The van der Waals surface area contributed by atoms with Crippen molar-refractivity contribution in [2.75, 3.05) is 0 Å². The van der Waals surface area contributed by atoms with Crippen LogP contribution in [0, 0.1) is 6.92 Å². The first-order valence-electron chi connectivity index (χ1n) is 9.84. The van der Waals surface area contributed by atoms with E-state index in [1.54, 1.807) is 22.6 Å². The average molecular weight is 446 g/mol. The molecule has 0 unspecified atom stereocenters. The molecule has 0 radical (unpaired) electrons. The van der Waals surface area contributed by atoms with Gasteiger partial charge >= 0.3 is 10.1 Å². The van der Waals surface area contributed by atoms with Gasteiger partial charge in [-0.1, -0.05) is 48.0 Å². The van der Waals surface area contributed by atoms with E-state index in [9.17, 15) is 13.2 Å². The molecule has 5 rings (SSSR count). The molecule has 0 N–H and O–H groups in total. The van der Waals surface area contributed by atoms with Gasteiger partial charge in [0.1, 0.15) is 17.0 Å². The monoisotopic (exact) mass is 446 g/mol. The van der Waals surface area contributed by atoms with Crippen molar-refractivity contribution in [3.05, 3.63) is 101 Å². The SMILES string of the molecule is Cc1ccc(S(=O)(=O)Oc2ccc3c(c2)c(=O)n(Cc2ccccc2)c2nncn32)cc1. The quantitative estimate of drug-likeness (QED) is 0.385. The van der Waals surface area contributed by atoms with Gasteiger partial charge in [0.25, 0.3) is 5.56 Å². The van der Waals surface area contributed by atoms with Gasteiger partial charge in [0, 0.05) is 0 Å². The maximum Gasteiger partial charge on any atom is 0.339 e. The first-order valence-corrected chi connectivity index (χ1v) is 11.2. The largest absolute Gasteiger partial charge is 0.379 e. The number of hydrogen-bond donors (Lipinski definition) is 0. The van der Waals surface area contributed by atoms with Crippen LogP contribution in [0.3, 0.4) is 0 Å². The van der Waals surface area contributed by atoms with Crippen LogP contribution in [0.25, 0.3) is 16.7 Å². The maximum absolute atomic E-state index is 13.3. The molecule has 32 heavy (non-hydrogen) atoms. The predicted octanol–water partition coefficient (Wildman–Crippen LogP) is 3.17. The first kappa shape index (κ1) is 20.0. The molecule has 0 bridgehead atoms. The van der Waals surface area contributed by atoms with Gasteiger partial charge in [-0.2, -0.15) is 8.42 Å². The summed E-state index contributed by atoms with van der Waals surface area (Å²) in [6.07, 6.45) is 1.52. The van der Waals surface area contributed by atoms with Gasteiger partial charge in [-0.05, 0) is 42.8 Å². The third-order valence-corrected chi connectivity index (χ3v) is 6.43. The Morgan fingerprint density at radius 3 is 2.47 bits per heavy atom. The van der Waals surface area contributed by atoms with Gasteiger partial charge in [-0.25, -0.2) is 0 Å². The van der Waals surface area contributed by atoms with Gasteiger partial charge < -0.3 is 4.18 Å². The third kappa shape index (κ3) is 3.52. The number of aryl methyl sites for hydroxylation is 1. The van der Waals surface area contributed by atoms with Crippen LogP contribution < -0.4 is 9.74 Å². The Kier molecular flexibility index (Phi) is 4.75. The second-order valence-corrected chi connectivity index (χ2v) is 8.95. The van der Waals surface area contributed by atoms with Gasteiger partial charge in [-0.15, -0.1) is 10.2 Å². The highest BCUT2D eigenvalue weighted by Gasteiger charge is 2.19. The van der Waals surface area contributed by atoms with Crippen molar-refractivity contribution in [1.29, 1.82) is 0 Å². The molecule has 0 aliphatic rings. The lowest BCUT2D eigenvalue weighted by Gasteiger charge is -2.12. The van der Waals surface area contributed by atoms with Crippen LogP contribution in [0.5, 0.6) is 5.75 Å². The van der Waals surface area contributed by atoms with Crippen LogP contribution in [0.15, 0.2) is 88.8 Å². The average Bonchev–Trinajstić information content (AvgIpc) is 3.27. The third-order valence-electron chi connectivity index (χ3n) is 5.17. The fourth-order valence-corrected chi connectivity index (χ4v) is 4.48. The molecule has 0 fully saturated rings. The fraction of sp³-hybridized carbons (Fsp3) is 0.0870. The smallest absolute Gasteiger partial charge is 0.339 e. The summed E-state index contributed by atoms with van der Waals surface area (Å²) in [4.78, 5) is 13.4. The molecule has 0 aliphatic carbocycles. The Morgan fingerprint density at radius 2 is 1.72 bits per heavy atom. The Balaban J connectivity index is 1.62. The summed E-state index contributed by atoms with van der Waals surface area (Å²) in [5, 5.41) is 8.35. The van der Waals surface area contributed by atoms with Crippen molar-refractivity contribution in [2.45, 2.75) is 18.4 Å². The van der Waals surface area contributed by atoms with E-state index in [-0.39, 0.29) is 16.2 Å². The normalized spacial score (nSPS) is 11.8. The van der Waals surface area contributed by atoms with Crippen molar-refractivity contribution in [3.63, 3.8) is 0 Å². The van der Waals surface area contributed by atoms with Gasteiger partial charge in [0.2, 0.25) is 5.78 Å². The van der Waals surface area contributed by atoms with Crippen LogP contribution in [0.1, 0.15) is 11.1 Å². The maximum atomic E-state index is 13.3. The summed E-state index contributed by atoms with van der Waals surface area (Å²) in [7, 11) is -4.04. The summed E-state index contributed by atoms with van der Waals surface area (Å²) < 4.78 is 33.9. The van der Waals surface area contributed by atoms with Gasteiger partial charge in [0.15, 0.2) is 0 Å². The van der Waals surface area contributed by atoms with Crippen LogP contribution in [-0.2, 0) is 16.7 Å². The molecule has 0 saturated heterocycles. The zero-order valence-electron chi connectivity index (χ0n) is 17.0. The molecule has 0 aliphatic heterocycles. The Labute approximate surface area is 183 Å². The molecule has 0 spiro atoms. The summed E-state index contributed by atoms with van der Waals surface area (Å²) in [5.41, 5.74) is 2.10. The zero-order valence-corrected chi connectivity index (χ0v) is 17.9. The second kappa shape index (κ2) is 7.61. The standard InChI is InChI=1S/C23H18N4O4S/c1-16-7-10-19(11-8-16)32(29,30)31-18-9-12-21-20(13-18)22(28)26(23-25-24-15-27(21)23)14-17-5-3-2-4-6-17/h2-13,15H,14H2,1H3. The van der Waals surface area contributed by atoms with Crippen molar-refractivity contribution in [2.24, 2.45) is 0 Å². The lowest BCUT2D eigenvalue weighted by Crippen LogP contribution is -2.24. The molecule has 0 amide bonds. The highest BCUT2D eigenvalue weighted by Crippen LogP contribution is 2.23. The predicted molar refractivity (Wildman–Crippen MR) is 119 cm³/mol. The summed E-state index contributed by atoms with van der Waals surface area (Å²) in [5.74, 6) is 0.446. The van der Waals surface area contributed by atoms with Gasteiger partial charge in [-0.3, -0.25) is 13.8 Å². The van der Waals surface area contributed by atoms with Crippen molar-refractivity contribution >= 4 is 26.8 Å². The van der Waals surface area contributed by atoms with E-state index in [0.29, 0.717) is 23.2 Å². The first-order chi connectivity index (χ1) is 15.4. The van der Waals surface area contributed by atoms with Gasteiger partial charge in [0.05, 0.1) is 17.4 Å². The zero-order chi connectivity index (χ0) is 22.3. The summed E-state index contributed by atoms with van der Waals surface area (Å²) in [6, 6.07) is 20.4. The molecule has 0 saturated carbocycles. The summed E-state index contributed by atoms with van der Waals surface area (Å²) in [6.45, 7) is 2.16. The van der Waals surface area contributed by atoms with E-state index in [2.05, 4.69) is 10.2 Å². The molecule has 9 heteroatoms. The second-order valence-electron chi connectivity index (χ2n) is 7.41. The highest BCUT2D eigenvalue weighted by molar-refractivity contribution is 7.87. The van der Waals surface area contributed by atoms with Crippen molar-refractivity contribution in [3.8, 4) is 5.75 Å². The molecule has 3 aromatic carbocycles. The number of benzene rings is 3. The molecule has 160 valence electrons. The van der Waals surface area contributed by atoms with Crippen LogP contribution in [0.2, 0.25) is 0 Å². The van der Waals surface area contributed by atoms with E-state index in [1.807, 2.05) is 37.3 Å². The highest BCUT2D eigenvalue weighted by atomic mass is 32.2. The van der Waals surface area contributed by atoms with Crippen LogP contribution in [0.4, 0.5) is 0 Å². The van der Waals surface area contributed by atoms with Crippen molar-refractivity contribution in [1.82, 2.24) is 19.2 Å². The van der Waals surface area contributed by atoms with E-state index < -0.39 is 10.1 Å². The summed E-state index contributed by atoms with van der Waals surface area (Å²) >= 11 is 0. The number of fused-ring (bicyclic) bond motifs is 3. The lowest BCUT2D eigenvalue weighted by atomic mass is 10.2. The lowest BCUT2D eigenvalue weighted by molar-refractivity contribution is 0.486. The Morgan fingerprint density at radius 1 is 0.969 bits per heavy atom.